The number of rotatable bonds is 2. The van der Waals surface area contributed by atoms with Crippen molar-refractivity contribution in [3.63, 3.8) is 0 Å². The van der Waals surface area contributed by atoms with Crippen molar-refractivity contribution in [2.75, 3.05) is 18.1 Å². The minimum absolute atomic E-state index is 0.000907. The molecule has 0 radical (unpaired) electrons. The van der Waals surface area contributed by atoms with Crippen LogP contribution in [0.3, 0.4) is 0 Å². The average Bonchev–Trinajstić information content (AvgIpc) is 2.93. The summed E-state index contributed by atoms with van der Waals surface area (Å²) >= 11 is 0. The smallest absolute Gasteiger partial charge is 0.263 e. The molecule has 1 aliphatic rings. The van der Waals surface area contributed by atoms with Crippen LogP contribution in [0.4, 0.5) is 5.82 Å². The number of aromatic nitrogens is 3. The first-order valence-corrected chi connectivity index (χ1v) is 5.69. The molecule has 2 aromatic heterocycles. The Kier molecular flexibility index (Phi) is 2.48. The SMILES string of the molecule is Cc1noc2ncnc(N3CC(CO)CC3=O)c12. The van der Waals surface area contributed by atoms with E-state index >= 15 is 0 Å². The van der Waals surface area contributed by atoms with Gasteiger partial charge in [0.2, 0.25) is 5.91 Å². The summed E-state index contributed by atoms with van der Waals surface area (Å²) < 4.78 is 5.05. The molecule has 0 bridgehead atoms. The number of aliphatic hydroxyl groups is 1. The zero-order valence-electron chi connectivity index (χ0n) is 9.83. The van der Waals surface area contributed by atoms with Crippen molar-refractivity contribution < 1.29 is 14.4 Å². The van der Waals surface area contributed by atoms with Gasteiger partial charge in [0.05, 0.1) is 5.69 Å². The second-order valence-corrected chi connectivity index (χ2v) is 4.40. The third-order valence-corrected chi connectivity index (χ3v) is 3.14. The third-order valence-electron chi connectivity index (χ3n) is 3.14. The van der Waals surface area contributed by atoms with Crippen LogP contribution in [0.2, 0.25) is 0 Å². The maximum Gasteiger partial charge on any atom is 0.263 e. The first-order chi connectivity index (χ1) is 8.70. The summed E-state index contributed by atoms with van der Waals surface area (Å²) in [6, 6.07) is 0. The van der Waals surface area contributed by atoms with Crippen LogP contribution in [-0.2, 0) is 4.79 Å². The van der Waals surface area contributed by atoms with E-state index in [-0.39, 0.29) is 18.4 Å². The van der Waals surface area contributed by atoms with Gasteiger partial charge in [0.15, 0.2) is 5.82 Å². The molecule has 3 heterocycles. The summed E-state index contributed by atoms with van der Waals surface area (Å²) in [4.78, 5) is 21.6. The zero-order chi connectivity index (χ0) is 12.7. The monoisotopic (exact) mass is 248 g/mol. The minimum Gasteiger partial charge on any atom is -0.396 e. The second-order valence-electron chi connectivity index (χ2n) is 4.40. The zero-order valence-corrected chi connectivity index (χ0v) is 9.83. The second kappa shape index (κ2) is 4.02. The van der Waals surface area contributed by atoms with Crippen LogP contribution >= 0.6 is 0 Å². The van der Waals surface area contributed by atoms with Crippen LogP contribution in [0.25, 0.3) is 11.1 Å². The van der Waals surface area contributed by atoms with Crippen molar-refractivity contribution >= 4 is 22.8 Å². The van der Waals surface area contributed by atoms with Gasteiger partial charge in [0, 0.05) is 25.5 Å². The summed E-state index contributed by atoms with van der Waals surface area (Å²) in [5, 5.41) is 13.6. The van der Waals surface area contributed by atoms with Crippen molar-refractivity contribution in [3.05, 3.63) is 12.0 Å². The van der Waals surface area contributed by atoms with Gasteiger partial charge in [-0.25, -0.2) is 4.98 Å². The van der Waals surface area contributed by atoms with E-state index in [1.54, 1.807) is 11.8 Å². The van der Waals surface area contributed by atoms with E-state index in [9.17, 15) is 4.79 Å². The van der Waals surface area contributed by atoms with Crippen LogP contribution in [-0.4, -0.2) is 39.3 Å². The molecule has 0 aromatic carbocycles. The molecule has 1 amide bonds. The fourth-order valence-electron chi connectivity index (χ4n) is 2.22. The molecule has 94 valence electrons. The average molecular weight is 248 g/mol. The molecule has 18 heavy (non-hydrogen) atoms. The number of hydrogen-bond donors (Lipinski definition) is 1. The number of hydrogen-bond acceptors (Lipinski definition) is 6. The summed E-state index contributed by atoms with van der Waals surface area (Å²) in [7, 11) is 0. The number of carbonyl (C=O) groups is 1. The molecule has 2 aromatic rings. The Hall–Kier alpha value is -2.02. The Labute approximate surface area is 102 Å². The highest BCUT2D eigenvalue weighted by Gasteiger charge is 2.32. The molecule has 0 aliphatic carbocycles. The van der Waals surface area contributed by atoms with Crippen LogP contribution < -0.4 is 4.90 Å². The van der Waals surface area contributed by atoms with Crippen LogP contribution in [0.1, 0.15) is 12.1 Å². The normalized spacial score (nSPS) is 20.0. The lowest BCUT2D eigenvalue weighted by Crippen LogP contribution is -2.26. The van der Waals surface area contributed by atoms with E-state index in [1.165, 1.54) is 6.33 Å². The largest absolute Gasteiger partial charge is 0.396 e. The van der Waals surface area contributed by atoms with E-state index in [0.717, 1.165) is 0 Å². The molecule has 7 heteroatoms. The molecule has 7 nitrogen and oxygen atoms in total. The van der Waals surface area contributed by atoms with Gasteiger partial charge in [-0.2, -0.15) is 4.98 Å². The van der Waals surface area contributed by atoms with E-state index in [2.05, 4.69) is 15.1 Å². The van der Waals surface area contributed by atoms with Crippen molar-refractivity contribution in [2.24, 2.45) is 5.92 Å². The molecule has 3 rings (SSSR count). The fraction of sp³-hybridized carbons (Fsp3) is 0.455. The Balaban J connectivity index is 2.09. The number of amides is 1. The van der Waals surface area contributed by atoms with Crippen molar-refractivity contribution in [1.29, 1.82) is 0 Å². The Morgan fingerprint density at radius 1 is 1.56 bits per heavy atom. The van der Waals surface area contributed by atoms with Crippen molar-refractivity contribution in [2.45, 2.75) is 13.3 Å². The van der Waals surface area contributed by atoms with Gasteiger partial charge in [0.1, 0.15) is 11.7 Å². The van der Waals surface area contributed by atoms with E-state index in [1.807, 2.05) is 0 Å². The topological polar surface area (TPSA) is 92.3 Å². The highest BCUT2D eigenvalue weighted by molar-refractivity contribution is 6.02. The summed E-state index contributed by atoms with van der Waals surface area (Å²) in [6.07, 6.45) is 1.69. The van der Waals surface area contributed by atoms with Crippen LogP contribution in [0, 0.1) is 12.8 Å². The highest BCUT2D eigenvalue weighted by atomic mass is 16.5. The van der Waals surface area contributed by atoms with Gasteiger partial charge >= 0.3 is 0 Å². The summed E-state index contributed by atoms with van der Waals surface area (Å²) in [5.41, 5.74) is 1.03. The fourth-order valence-corrected chi connectivity index (χ4v) is 2.22. The Morgan fingerprint density at radius 2 is 2.39 bits per heavy atom. The number of nitrogens with zero attached hydrogens (tertiary/aromatic N) is 4. The van der Waals surface area contributed by atoms with Crippen LogP contribution in [0.15, 0.2) is 10.9 Å². The van der Waals surface area contributed by atoms with Crippen molar-refractivity contribution in [3.8, 4) is 0 Å². The Morgan fingerprint density at radius 3 is 3.11 bits per heavy atom. The lowest BCUT2D eigenvalue weighted by atomic mass is 10.1. The molecule has 1 saturated heterocycles. The lowest BCUT2D eigenvalue weighted by Gasteiger charge is -2.15. The van der Waals surface area contributed by atoms with Crippen LogP contribution in [0.5, 0.6) is 0 Å². The van der Waals surface area contributed by atoms with Gasteiger partial charge in [0.25, 0.3) is 5.71 Å². The molecule has 1 atom stereocenters. The maximum absolute atomic E-state index is 11.9. The maximum atomic E-state index is 11.9. The van der Waals surface area contributed by atoms with E-state index in [0.29, 0.717) is 35.6 Å². The number of aliphatic hydroxyl groups excluding tert-OH is 1. The molecule has 1 fully saturated rings. The quantitative estimate of drug-likeness (QED) is 0.820. The predicted octanol–water partition coefficient (Wildman–Crippen LogP) is 0.271. The molecule has 1 unspecified atom stereocenters. The van der Waals surface area contributed by atoms with E-state index in [4.69, 9.17) is 9.63 Å². The highest BCUT2D eigenvalue weighted by Crippen LogP contribution is 2.30. The number of fused-ring (bicyclic) bond motifs is 1. The third kappa shape index (κ3) is 1.55. The molecule has 0 saturated carbocycles. The van der Waals surface area contributed by atoms with Gasteiger partial charge in [-0.05, 0) is 6.92 Å². The van der Waals surface area contributed by atoms with Gasteiger partial charge < -0.3 is 9.63 Å². The molecular formula is C11H12N4O3. The van der Waals surface area contributed by atoms with Gasteiger partial charge in [-0.1, -0.05) is 5.16 Å². The Bertz CT molecular complexity index is 609. The minimum atomic E-state index is -0.0466. The number of aryl methyl sites for hydroxylation is 1. The molecule has 1 aliphatic heterocycles. The number of carbonyl (C=O) groups excluding carboxylic acids is 1. The van der Waals surface area contributed by atoms with E-state index < -0.39 is 0 Å². The molecule has 1 N–H and O–H groups in total. The lowest BCUT2D eigenvalue weighted by molar-refractivity contribution is -0.117. The number of anilines is 1. The predicted molar refractivity (Wildman–Crippen MR) is 61.9 cm³/mol. The van der Waals surface area contributed by atoms with Gasteiger partial charge in [-0.15, -0.1) is 0 Å². The molecule has 0 spiro atoms. The standard InChI is InChI=1S/C11H12N4O3/c1-6-9-10(12-5-13-11(9)18-14-6)15-3-7(4-16)2-8(15)17/h5,7,16H,2-4H2,1H3. The first kappa shape index (κ1) is 11.1. The first-order valence-electron chi connectivity index (χ1n) is 5.69. The summed E-state index contributed by atoms with van der Waals surface area (Å²) in [6.45, 7) is 2.24. The summed E-state index contributed by atoms with van der Waals surface area (Å²) in [5.74, 6) is 0.428. The molecular weight excluding hydrogens is 236 g/mol. The van der Waals surface area contributed by atoms with Gasteiger partial charge in [-0.3, -0.25) is 9.69 Å². The van der Waals surface area contributed by atoms with Crippen molar-refractivity contribution in [1.82, 2.24) is 15.1 Å².